The van der Waals surface area contributed by atoms with Crippen molar-refractivity contribution in [2.45, 2.75) is 63.7 Å². The molecule has 0 aliphatic heterocycles. The van der Waals surface area contributed by atoms with Crippen LogP contribution in [0.2, 0.25) is 0 Å². The molecule has 16 heteroatoms. The predicted molar refractivity (Wildman–Crippen MR) is 161 cm³/mol. The molecule has 0 saturated carbocycles. The van der Waals surface area contributed by atoms with E-state index in [0.717, 1.165) is 11.1 Å². The van der Waals surface area contributed by atoms with Crippen molar-refractivity contribution in [1.82, 2.24) is 26.2 Å². The Labute approximate surface area is 256 Å². The van der Waals surface area contributed by atoms with Gasteiger partial charge in [0.2, 0.25) is 11.9 Å². The van der Waals surface area contributed by atoms with Crippen LogP contribution in [0.25, 0.3) is 0 Å². The van der Waals surface area contributed by atoms with Gasteiger partial charge in [0.15, 0.2) is 0 Å². The maximum absolute atomic E-state index is 12.9. The summed E-state index contributed by atoms with van der Waals surface area (Å²) in [5.41, 5.74) is 10.8. The van der Waals surface area contributed by atoms with Gasteiger partial charge in [-0.05, 0) is 58.2 Å². The second-order valence-electron chi connectivity index (χ2n) is 10.5. The Hall–Kier alpha value is -4.86. The molecule has 44 heavy (non-hydrogen) atoms. The minimum Gasteiger partial charge on any atom is -0.445 e. The minimum absolute atomic E-state index is 0.00701. The molecule has 0 saturated heterocycles. The molecule has 0 aromatic heterocycles. The number of rotatable bonds is 12. The molecule has 4 amide bonds. The van der Waals surface area contributed by atoms with Gasteiger partial charge in [-0.3, -0.25) is 20.0 Å². The fourth-order valence-corrected chi connectivity index (χ4v) is 4.33. The summed E-state index contributed by atoms with van der Waals surface area (Å²) in [4.78, 5) is 53.1. The molecule has 15 nitrogen and oxygen atoms in total. The van der Waals surface area contributed by atoms with Crippen LogP contribution in [0.1, 0.15) is 44.7 Å². The number of nitrogens with zero attached hydrogens (tertiary/aromatic N) is 1. The monoisotopic (exact) mass is 633 g/mol. The Morgan fingerprint density at radius 2 is 1.61 bits per heavy atom. The van der Waals surface area contributed by atoms with Crippen LogP contribution in [0, 0.1) is 6.92 Å². The molecular weight excluding hydrogens is 594 g/mol. The number of benzene rings is 2. The SMILES string of the molecule is Cc1ccc(S(=O)(=O)NC(N)=NCCC[C@H](NC(=O)OCc2ccccc2)C(=O)NCC(=O)NNC(=O)OC(C)(C)C)cc1. The molecule has 0 aliphatic rings. The number of hydrazine groups is 1. The number of amides is 4. The van der Waals surface area contributed by atoms with Gasteiger partial charge in [-0.25, -0.2) is 28.2 Å². The summed E-state index contributed by atoms with van der Waals surface area (Å²) >= 11 is 0. The molecule has 240 valence electrons. The highest BCUT2D eigenvalue weighted by molar-refractivity contribution is 7.90. The normalized spacial score (nSPS) is 12.3. The van der Waals surface area contributed by atoms with Gasteiger partial charge in [0, 0.05) is 6.54 Å². The zero-order valence-corrected chi connectivity index (χ0v) is 25.8. The van der Waals surface area contributed by atoms with E-state index in [4.69, 9.17) is 15.2 Å². The summed E-state index contributed by atoms with van der Waals surface area (Å²) in [6, 6.07) is 13.9. The molecular formula is C28H39N7O8S. The van der Waals surface area contributed by atoms with E-state index in [2.05, 4.69) is 31.2 Å². The first-order chi connectivity index (χ1) is 20.6. The Kier molecular flexibility index (Phi) is 13.4. The van der Waals surface area contributed by atoms with Crippen molar-refractivity contribution in [2.24, 2.45) is 10.7 Å². The zero-order valence-electron chi connectivity index (χ0n) is 25.0. The summed E-state index contributed by atoms with van der Waals surface area (Å²) in [6.07, 6.45) is -1.54. The molecule has 0 bridgehead atoms. The lowest BCUT2D eigenvalue weighted by Crippen LogP contribution is -2.51. The van der Waals surface area contributed by atoms with E-state index >= 15 is 0 Å². The summed E-state index contributed by atoms with van der Waals surface area (Å²) in [7, 11) is -3.94. The number of sulfonamides is 1. The smallest absolute Gasteiger partial charge is 0.426 e. The van der Waals surface area contributed by atoms with Gasteiger partial charge < -0.3 is 25.8 Å². The highest BCUT2D eigenvalue weighted by atomic mass is 32.2. The lowest BCUT2D eigenvalue weighted by atomic mass is 10.1. The Bertz CT molecular complexity index is 1410. The fourth-order valence-electron chi connectivity index (χ4n) is 3.38. The van der Waals surface area contributed by atoms with Crippen LogP contribution >= 0.6 is 0 Å². The molecule has 1 atom stereocenters. The number of alkyl carbamates (subject to hydrolysis) is 1. The second-order valence-corrected chi connectivity index (χ2v) is 12.2. The van der Waals surface area contributed by atoms with Crippen molar-refractivity contribution in [3.05, 3.63) is 65.7 Å². The van der Waals surface area contributed by atoms with Gasteiger partial charge in [-0.15, -0.1) is 0 Å². The maximum atomic E-state index is 12.9. The number of carbonyl (C=O) groups excluding carboxylic acids is 4. The summed E-state index contributed by atoms with van der Waals surface area (Å²) in [5.74, 6) is -1.82. The minimum atomic E-state index is -3.94. The quantitative estimate of drug-likeness (QED) is 0.0858. The first kappa shape index (κ1) is 35.3. The third-order valence-electron chi connectivity index (χ3n) is 5.45. The average molecular weight is 634 g/mol. The van der Waals surface area contributed by atoms with Gasteiger partial charge in [0.1, 0.15) is 18.2 Å². The summed E-state index contributed by atoms with van der Waals surface area (Å²) in [6.45, 7) is 6.21. The maximum Gasteiger partial charge on any atom is 0.426 e. The second kappa shape index (κ2) is 16.7. The van der Waals surface area contributed by atoms with Crippen molar-refractivity contribution in [3.8, 4) is 0 Å². The van der Waals surface area contributed by atoms with Gasteiger partial charge in [-0.2, -0.15) is 0 Å². The highest BCUT2D eigenvalue weighted by Gasteiger charge is 2.23. The number of guanidine groups is 1. The third-order valence-corrected chi connectivity index (χ3v) is 6.82. The number of hydrogen-bond acceptors (Lipinski definition) is 9. The molecule has 2 rings (SSSR count). The van der Waals surface area contributed by atoms with E-state index in [0.29, 0.717) is 0 Å². The van der Waals surface area contributed by atoms with Crippen LogP contribution in [0.5, 0.6) is 0 Å². The van der Waals surface area contributed by atoms with E-state index in [-0.39, 0.29) is 36.8 Å². The first-order valence-corrected chi connectivity index (χ1v) is 15.0. The van der Waals surface area contributed by atoms with Gasteiger partial charge >= 0.3 is 12.2 Å². The van der Waals surface area contributed by atoms with Crippen LogP contribution in [0.3, 0.4) is 0 Å². The number of nitrogens with one attached hydrogen (secondary N) is 5. The number of aryl methyl sites for hydroxylation is 1. The van der Waals surface area contributed by atoms with Crippen molar-refractivity contribution >= 4 is 40.0 Å². The van der Waals surface area contributed by atoms with E-state index in [1.54, 1.807) is 57.2 Å². The van der Waals surface area contributed by atoms with Crippen molar-refractivity contribution in [1.29, 1.82) is 0 Å². The Balaban J connectivity index is 1.94. The average Bonchev–Trinajstić information content (AvgIpc) is 2.95. The van der Waals surface area contributed by atoms with E-state index in [1.165, 1.54) is 12.1 Å². The number of carbonyl (C=O) groups is 4. The summed E-state index contributed by atoms with van der Waals surface area (Å²) in [5, 5.41) is 4.82. The number of ether oxygens (including phenoxy) is 2. The van der Waals surface area contributed by atoms with Crippen molar-refractivity contribution < 1.29 is 37.1 Å². The standard InChI is InChI=1S/C28H39N7O8S/c1-19-12-14-21(15-13-19)44(40,41)35-25(29)30-16-8-11-22(32-26(38)42-18-20-9-6-5-7-10-20)24(37)31-17-23(36)33-34-27(39)43-28(2,3)4/h5-7,9-10,12-15,22H,8,11,16-18H2,1-4H3,(H,31,37)(H,32,38)(H,33,36)(H,34,39)(H3,29,30,35)/t22-/m0/s1. The molecule has 0 radical (unpaired) electrons. The predicted octanol–water partition coefficient (Wildman–Crippen LogP) is 1.34. The Morgan fingerprint density at radius 3 is 2.25 bits per heavy atom. The lowest BCUT2D eigenvalue weighted by Gasteiger charge is -2.20. The fraction of sp³-hybridized carbons (Fsp3) is 0.393. The van der Waals surface area contributed by atoms with Crippen LogP contribution in [-0.2, 0) is 35.7 Å². The van der Waals surface area contributed by atoms with Crippen molar-refractivity contribution in [3.63, 3.8) is 0 Å². The van der Waals surface area contributed by atoms with Crippen molar-refractivity contribution in [2.75, 3.05) is 13.1 Å². The van der Waals surface area contributed by atoms with Crippen LogP contribution < -0.4 is 31.9 Å². The van der Waals surface area contributed by atoms with E-state index in [1.807, 2.05) is 13.0 Å². The third kappa shape index (κ3) is 13.9. The van der Waals surface area contributed by atoms with Crippen LogP contribution in [0.4, 0.5) is 9.59 Å². The van der Waals surface area contributed by atoms with E-state index in [9.17, 15) is 27.6 Å². The first-order valence-electron chi connectivity index (χ1n) is 13.6. The van der Waals surface area contributed by atoms with Crippen LogP contribution in [-0.4, -0.2) is 63.1 Å². The largest absolute Gasteiger partial charge is 0.445 e. The van der Waals surface area contributed by atoms with Gasteiger partial charge in [0.25, 0.3) is 15.9 Å². The number of hydrogen-bond donors (Lipinski definition) is 6. The molecule has 7 N–H and O–H groups in total. The summed E-state index contributed by atoms with van der Waals surface area (Å²) < 4.78 is 37.4. The lowest BCUT2D eigenvalue weighted by molar-refractivity contribution is -0.127. The molecule has 0 spiro atoms. The topological polar surface area (TPSA) is 219 Å². The molecule has 0 fully saturated rings. The van der Waals surface area contributed by atoms with Crippen LogP contribution in [0.15, 0.2) is 64.5 Å². The highest BCUT2D eigenvalue weighted by Crippen LogP contribution is 2.10. The van der Waals surface area contributed by atoms with Gasteiger partial charge in [-0.1, -0.05) is 48.0 Å². The number of nitrogens with two attached hydrogens (primary N) is 1. The van der Waals surface area contributed by atoms with Gasteiger partial charge in [0.05, 0.1) is 11.4 Å². The zero-order chi connectivity index (χ0) is 32.8. The molecule has 2 aromatic rings. The molecule has 0 unspecified atom stereocenters. The molecule has 0 heterocycles. The van der Waals surface area contributed by atoms with E-state index < -0.39 is 52.2 Å². The Morgan fingerprint density at radius 1 is 0.955 bits per heavy atom. The molecule has 2 aromatic carbocycles. The number of aliphatic imine (C=N–C) groups is 1. The molecule has 0 aliphatic carbocycles.